The number of hydrogen-bond acceptors (Lipinski definition) is 2. The Balaban J connectivity index is 1.24. The maximum atomic E-state index is 2.70. The molecule has 2 heterocycles. The molecule has 13 rings (SSSR count). The molecule has 75 heavy (non-hydrogen) atoms. The maximum absolute atomic E-state index is 2.70. The minimum Gasteiger partial charge on any atom is -0.311 e. The monoisotopic (exact) mass is 971 g/mol. The zero-order valence-electron chi connectivity index (χ0n) is 45.9. The highest BCUT2D eigenvalue weighted by Gasteiger charge is 2.45. The largest absolute Gasteiger partial charge is 0.311 e. The Morgan fingerprint density at radius 3 is 1.09 bits per heavy atom. The number of benzene rings is 11. The van der Waals surface area contributed by atoms with Crippen LogP contribution in [-0.2, 0) is 21.7 Å². The minimum atomic E-state index is -0.0949. The molecule has 0 amide bonds. The number of rotatable bonds is 3. The summed E-state index contributed by atoms with van der Waals surface area (Å²) in [4.78, 5) is 5.39. The van der Waals surface area contributed by atoms with Crippen molar-refractivity contribution in [3.63, 3.8) is 0 Å². The third kappa shape index (κ3) is 7.59. The first kappa shape index (κ1) is 47.1. The molecule has 0 radical (unpaired) electrons. The molecule has 0 aliphatic carbocycles. The summed E-state index contributed by atoms with van der Waals surface area (Å²) in [6.45, 7) is 28.3. The van der Waals surface area contributed by atoms with Crippen molar-refractivity contribution in [3.8, 4) is 11.1 Å². The van der Waals surface area contributed by atoms with Crippen molar-refractivity contribution >= 4 is 111 Å². The molecule has 0 unspecified atom stereocenters. The van der Waals surface area contributed by atoms with Gasteiger partial charge in [0.05, 0.1) is 0 Å². The average molecular weight is 971 g/mol. The molecular weight excluding hydrogens is 904 g/mol. The highest BCUT2D eigenvalue weighted by Crippen LogP contribution is 2.52. The summed E-state index contributed by atoms with van der Waals surface area (Å²) in [6.07, 6.45) is 0. The van der Waals surface area contributed by atoms with Gasteiger partial charge in [-0.15, -0.1) is 0 Å². The predicted molar refractivity (Wildman–Crippen MR) is 328 cm³/mol. The molecule has 2 nitrogen and oxygen atoms in total. The number of hydrogen-bond donors (Lipinski definition) is 0. The van der Waals surface area contributed by atoms with Crippen LogP contribution in [0.2, 0.25) is 0 Å². The maximum Gasteiger partial charge on any atom is 0.252 e. The molecule has 2 aliphatic rings. The molecular formula is C72H67BN2. The Bertz CT molecular complexity index is 3890. The third-order valence-electron chi connectivity index (χ3n) is 16.7. The van der Waals surface area contributed by atoms with Gasteiger partial charge in [0.2, 0.25) is 0 Å². The molecule has 2 aliphatic heterocycles. The van der Waals surface area contributed by atoms with E-state index in [4.69, 9.17) is 0 Å². The topological polar surface area (TPSA) is 6.48 Å². The molecule has 0 bridgehead atoms. The summed E-state index contributed by atoms with van der Waals surface area (Å²) in [6, 6.07) is 73.1. The van der Waals surface area contributed by atoms with Gasteiger partial charge in [-0.3, -0.25) is 0 Å². The van der Waals surface area contributed by atoms with E-state index in [1.165, 1.54) is 138 Å². The Hall–Kier alpha value is -7.62. The fourth-order valence-corrected chi connectivity index (χ4v) is 12.4. The van der Waals surface area contributed by atoms with Gasteiger partial charge in [-0.2, -0.15) is 0 Å². The third-order valence-corrected chi connectivity index (χ3v) is 16.7. The van der Waals surface area contributed by atoms with E-state index >= 15 is 0 Å². The summed E-state index contributed by atoms with van der Waals surface area (Å²) in [5.41, 5.74) is 18.6. The number of nitrogens with zero attached hydrogens (tertiary/aromatic N) is 2. The van der Waals surface area contributed by atoms with Crippen molar-refractivity contribution in [1.82, 2.24) is 0 Å². The molecule has 0 aromatic heterocycles. The van der Waals surface area contributed by atoms with Crippen LogP contribution in [0.4, 0.5) is 34.1 Å². The quantitative estimate of drug-likeness (QED) is 0.129. The van der Waals surface area contributed by atoms with E-state index < -0.39 is 0 Å². The lowest BCUT2D eigenvalue weighted by atomic mass is 9.33. The molecule has 0 fully saturated rings. The lowest BCUT2D eigenvalue weighted by molar-refractivity contribution is 0.568. The average Bonchev–Trinajstić information content (AvgIpc) is 3.40. The molecule has 0 atom stereocenters. The standard InChI is InChI=1S/C72H67BN2/c1-69(2,3)50-38-51(70(4,5)6)41-54(40-50)74-64-36-49(48-26-25-44-19-13-14-22-47(44)35-48)37-65-66(64)73(62-33-31-58-56-23-17-15-20-45(56)27-29-60(58)67(62)74)63-34-32-59-57-24-18-16-21-46(57)28-30-61(59)68(63)75(65)55-42-52(71(7,8)9)39-53(43-55)72(10,11)12/h13-43H,1-12H3. The molecule has 0 N–H and O–H groups in total. The van der Waals surface area contributed by atoms with Gasteiger partial charge in [0.25, 0.3) is 6.71 Å². The zero-order valence-corrected chi connectivity index (χ0v) is 45.9. The van der Waals surface area contributed by atoms with Crippen molar-refractivity contribution in [2.24, 2.45) is 0 Å². The predicted octanol–water partition coefficient (Wildman–Crippen LogP) is 18.4. The Kier molecular flexibility index (Phi) is 10.3. The van der Waals surface area contributed by atoms with Crippen molar-refractivity contribution in [1.29, 1.82) is 0 Å². The van der Waals surface area contributed by atoms with Crippen LogP contribution in [0.3, 0.4) is 0 Å². The lowest BCUT2D eigenvalue weighted by Crippen LogP contribution is -2.61. The van der Waals surface area contributed by atoms with Crippen LogP contribution in [0.1, 0.15) is 105 Å². The van der Waals surface area contributed by atoms with Crippen LogP contribution in [0.15, 0.2) is 188 Å². The molecule has 0 saturated carbocycles. The van der Waals surface area contributed by atoms with Gasteiger partial charge < -0.3 is 9.80 Å². The van der Waals surface area contributed by atoms with E-state index in [0.717, 1.165) is 0 Å². The van der Waals surface area contributed by atoms with Crippen LogP contribution in [0.5, 0.6) is 0 Å². The van der Waals surface area contributed by atoms with Crippen molar-refractivity contribution in [2.75, 3.05) is 9.80 Å². The molecule has 368 valence electrons. The van der Waals surface area contributed by atoms with Crippen LogP contribution in [0, 0.1) is 0 Å². The van der Waals surface area contributed by atoms with Gasteiger partial charge in [-0.05, 0) is 157 Å². The number of anilines is 6. The second kappa shape index (κ2) is 16.4. The normalized spacial score (nSPS) is 13.8. The second-order valence-corrected chi connectivity index (χ2v) is 25.9. The van der Waals surface area contributed by atoms with E-state index in [2.05, 4.69) is 281 Å². The van der Waals surface area contributed by atoms with E-state index in [0.29, 0.717) is 0 Å². The van der Waals surface area contributed by atoms with Gasteiger partial charge >= 0.3 is 0 Å². The molecule has 3 heteroatoms. The summed E-state index contributed by atoms with van der Waals surface area (Å²) in [7, 11) is 0. The highest BCUT2D eigenvalue weighted by molar-refractivity contribution is 7.01. The first-order valence-electron chi connectivity index (χ1n) is 27.2. The van der Waals surface area contributed by atoms with E-state index in [-0.39, 0.29) is 28.4 Å². The van der Waals surface area contributed by atoms with Crippen LogP contribution >= 0.6 is 0 Å². The van der Waals surface area contributed by atoms with Gasteiger partial charge in [0.1, 0.15) is 0 Å². The first-order chi connectivity index (χ1) is 35.7. The van der Waals surface area contributed by atoms with Gasteiger partial charge in [0.15, 0.2) is 0 Å². The Morgan fingerprint density at radius 2 is 0.667 bits per heavy atom. The molecule has 11 aromatic carbocycles. The van der Waals surface area contributed by atoms with Crippen LogP contribution in [0.25, 0.3) is 65.0 Å². The second-order valence-electron chi connectivity index (χ2n) is 25.9. The van der Waals surface area contributed by atoms with E-state index in [1.54, 1.807) is 0 Å². The Labute approximate surface area is 444 Å². The smallest absolute Gasteiger partial charge is 0.252 e. The summed E-state index contributed by atoms with van der Waals surface area (Å²) >= 11 is 0. The lowest BCUT2D eigenvalue weighted by Gasteiger charge is -2.46. The van der Waals surface area contributed by atoms with E-state index in [1.807, 2.05) is 0 Å². The van der Waals surface area contributed by atoms with Crippen molar-refractivity contribution < 1.29 is 0 Å². The van der Waals surface area contributed by atoms with E-state index in [9.17, 15) is 0 Å². The fraction of sp³-hybridized carbons (Fsp3) is 0.222. The SMILES string of the molecule is CC(C)(C)c1cc(N2c3cc(-c4ccc5ccccc5c4)cc4c3B(c3ccc5c(ccc6ccccc65)c32)c2ccc3c(ccc5ccccc53)c2N4c2cc(C(C)(C)C)cc(C(C)(C)C)c2)cc(C(C)(C)C)c1. The number of fused-ring (bicyclic) bond motifs is 13. The molecule has 0 saturated heterocycles. The van der Waals surface area contributed by atoms with Crippen LogP contribution in [-0.4, -0.2) is 6.71 Å². The highest BCUT2D eigenvalue weighted by atomic mass is 15.2. The van der Waals surface area contributed by atoms with Gasteiger partial charge in [0, 0.05) is 44.9 Å². The summed E-state index contributed by atoms with van der Waals surface area (Å²) in [5, 5.41) is 12.6. The zero-order chi connectivity index (χ0) is 52.1. The molecule has 11 aromatic rings. The van der Waals surface area contributed by atoms with Crippen molar-refractivity contribution in [2.45, 2.75) is 105 Å². The first-order valence-corrected chi connectivity index (χ1v) is 27.2. The molecule has 0 spiro atoms. The van der Waals surface area contributed by atoms with Gasteiger partial charge in [-0.25, -0.2) is 0 Å². The Morgan fingerprint density at radius 1 is 0.293 bits per heavy atom. The van der Waals surface area contributed by atoms with Gasteiger partial charge in [-0.1, -0.05) is 229 Å². The van der Waals surface area contributed by atoms with Crippen LogP contribution < -0.4 is 26.2 Å². The summed E-state index contributed by atoms with van der Waals surface area (Å²) < 4.78 is 0. The minimum absolute atomic E-state index is 0.0781. The summed E-state index contributed by atoms with van der Waals surface area (Å²) in [5.74, 6) is 0. The fourth-order valence-electron chi connectivity index (χ4n) is 12.4. The van der Waals surface area contributed by atoms with Crippen molar-refractivity contribution in [3.05, 3.63) is 210 Å².